The van der Waals surface area contributed by atoms with Crippen molar-refractivity contribution < 1.29 is 13.2 Å². The van der Waals surface area contributed by atoms with Gasteiger partial charge in [-0.1, -0.05) is 6.07 Å². The summed E-state index contributed by atoms with van der Waals surface area (Å²) in [7, 11) is -1.89. The van der Waals surface area contributed by atoms with Crippen molar-refractivity contribution >= 4 is 42.7 Å². The van der Waals surface area contributed by atoms with Crippen molar-refractivity contribution in [2.45, 2.75) is 30.0 Å². The lowest BCUT2D eigenvalue weighted by atomic mass is 10.2. The SMILES string of the molecule is COC(C)c1nc(CS(=O)(=O)c2nc3cc(C)ccc3s2)cs1. The third-order valence-corrected chi connectivity index (χ3v) is 7.59. The lowest BCUT2D eigenvalue weighted by Crippen LogP contribution is -2.05. The Morgan fingerprint density at radius 2 is 2.09 bits per heavy atom. The molecule has 3 rings (SSSR count). The number of methoxy groups -OCH3 is 1. The van der Waals surface area contributed by atoms with E-state index in [1.165, 1.54) is 22.7 Å². The molecule has 1 unspecified atom stereocenters. The van der Waals surface area contributed by atoms with Gasteiger partial charge in [0, 0.05) is 12.5 Å². The van der Waals surface area contributed by atoms with Crippen molar-refractivity contribution in [2.24, 2.45) is 0 Å². The maximum absolute atomic E-state index is 12.6. The molecule has 0 bridgehead atoms. The maximum Gasteiger partial charge on any atom is 0.211 e. The number of sulfone groups is 1. The van der Waals surface area contributed by atoms with Crippen LogP contribution in [0.1, 0.15) is 29.3 Å². The smallest absolute Gasteiger partial charge is 0.211 e. The van der Waals surface area contributed by atoms with Gasteiger partial charge in [-0.3, -0.25) is 0 Å². The third kappa shape index (κ3) is 3.45. The zero-order valence-corrected chi connectivity index (χ0v) is 15.4. The number of fused-ring (bicyclic) bond motifs is 1. The normalized spacial score (nSPS) is 13.5. The molecule has 122 valence electrons. The number of hydrogen-bond donors (Lipinski definition) is 0. The van der Waals surface area contributed by atoms with E-state index in [-0.39, 0.29) is 16.2 Å². The largest absolute Gasteiger partial charge is 0.375 e. The summed E-state index contributed by atoms with van der Waals surface area (Å²) in [6.07, 6.45) is -0.137. The average molecular weight is 369 g/mol. The number of nitrogens with zero attached hydrogens (tertiary/aromatic N) is 2. The van der Waals surface area contributed by atoms with Crippen LogP contribution >= 0.6 is 22.7 Å². The number of aryl methyl sites for hydroxylation is 1. The van der Waals surface area contributed by atoms with Gasteiger partial charge in [0.2, 0.25) is 14.2 Å². The van der Waals surface area contributed by atoms with Gasteiger partial charge in [-0.2, -0.15) is 0 Å². The molecule has 0 fully saturated rings. The van der Waals surface area contributed by atoms with Crippen LogP contribution in [0.5, 0.6) is 0 Å². The molecule has 0 aliphatic heterocycles. The van der Waals surface area contributed by atoms with Crippen LogP contribution in [0.3, 0.4) is 0 Å². The van der Waals surface area contributed by atoms with E-state index in [1.807, 2.05) is 32.0 Å². The van der Waals surface area contributed by atoms with Gasteiger partial charge in [-0.05, 0) is 31.5 Å². The third-order valence-electron chi connectivity index (χ3n) is 3.40. The van der Waals surface area contributed by atoms with Crippen LogP contribution in [-0.2, 0) is 20.3 Å². The van der Waals surface area contributed by atoms with Gasteiger partial charge in [-0.25, -0.2) is 18.4 Å². The first-order valence-corrected chi connectivity index (χ1v) is 10.3. The Hall–Kier alpha value is -1.35. The van der Waals surface area contributed by atoms with Gasteiger partial charge in [0.15, 0.2) is 0 Å². The molecule has 2 aromatic heterocycles. The topological polar surface area (TPSA) is 69.2 Å². The molecule has 0 aliphatic rings. The first-order valence-electron chi connectivity index (χ1n) is 6.96. The highest BCUT2D eigenvalue weighted by Gasteiger charge is 2.22. The lowest BCUT2D eigenvalue weighted by Gasteiger charge is -2.03. The summed E-state index contributed by atoms with van der Waals surface area (Å²) < 4.78 is 31.4. The molecule has 1 atom stereocenters. The first kappa shape index (κ1) is 16.5. The molecule has 2 heterocycles. The standard InChI is InChI=1S/C15H16N2O3S3/c1-9-4-5-13-12(6-9)17-15(22-13)23(18,19)8-11-7-21-14(16-11)10(2)20-3/h4-7,10H,8H2,1-3H3. The van der Waals surface area contributed by atoms with Gasteiger partial charge in [-0.15, -0.1) is 22.7 Å². The van der Waals surface area contributed by atoms with Crippen molar-refractivity contribution in [3.63, 3.8) is 0 Å². The Kier molecular flexibility index (Phi) is 4.50. The van der Waals surface area contributed by atoms with E-state index in [9.17, 15) is 8.42 Å². The van der Waals surface area contributed by atoms with Crippen LogP contribution in [0.2, 0.25) is 0 Å². The van der Waals surface area contributed by atoms with E-state index in [0.29, 0.717) is 5.69 Å². The average Bonchev–Trinajstić information content (AvgIpc) is 3.12. The van der Waals surface area contributed by atoms with Crippen LogP contribution in [-0.4, -0.2) is 25.5 Å². The molecule has 0 radical (unpaired) electrons. The maximum atomic E-state index is 12.6. The highest BCUT2D eigenvalue weighted by atomic mass is 32.2. The van der Waals surface area contributed by atoms with E-state index in [4.69, 9.17) is 4.74 Å². The summed E-state index contributed by atoms with van der Waals surface area (Å²) in [6.45, 7) is 3.84. The fourth-order valence-corrected chi connectivity index (χ4v) is 5.57. The van der Waals surface area contributed by atoms with Crippen molar-refractivity contribution in [2.75, 3.05) is 7.11 Å². The molecule has 23 heavy (non-hydrogen) atoms. The number of hydrogen-bond acceptors (Lipinski definition) is 7. The van der Waals surface area contributed by atoms with Gasteiger partial charge in [0.25, 0.3) is 0 Å². The lowest BCUT2D eigenvalue weighted by molar-refractivity contribution is 0.119. The zero-order valence-electron chi connectivity index (χ0n) is 12.9. The van der Waals surface area contributed by atoms with Crippen LogP contribution in [0.15, 0.2) is 27.9 Å². The zero-order chi connectivity index (χ0) is 16.6. The minimum absolute atomic E-state index is 0.137. The molecule has 0 spiro atoms. The fraction of sp³-hybridized carbons (Fsp3) is 0.333. The van der Waals surface area contributed by atoms with Crippen LogP contribution in [0, 0.1) is 6.92 Å². The number of benzene rings is 1. The van der Waals surface area contributed by atoms with Crippen molar-refractivity contribution in [3.8, 4) is 0 Å². The summed E-state index contributed by atoms with van der Waals surface area (Å²) in [5.41, 5.74) is 2.31. The van der Waals surface area contributed by atoms with Crippen molar-refractivity contribution in [1.82, 2.24) is 9.97 Å². The van der Waals surface area contributed by atoms with Gasteiger partial charge >= 0.3 is 0 Å². The van der Waals surface area contributed by atoms with Gasteiger partial charge < -0.3 is 4.74 Å². The second-order valence-corrected chi connectivity index (χ2v) is 9.35. The summed E-state index contributed by atoms with van der Waals surface area (Å²) >= 11 is 2.61. The molecular weight excluding hydrogens is 352 g/mol. The Balaban J connectivity index is 1.89. The van der Waals surface area contributed by atoms with Gasteiger partial charge in [0.05, 0.1) is 15.9 Å². The van der Waals surface area contributed by atoms with Crippen LogP contribution < -0.4 is 0 Å². The summed E-state index contributed by atoms with van der Waals surface area (Å²) in [5.74, 6) is -0.140. The monoisotopic (exact) mass is 368 g/mol. The molecule has 0 saturated heterocycles. The molecule has 5 nitrogen and oxygen atoms in total. The Bertz CT molecular complexity index is 944. The Labute approximate surface area is 142 Å². The number of rotatable bonds is 5. The van der Waals surface area contributed by atoms with E-state index in [1.54, 1.807) is 12.5 Å². The number of ether oxygens (including phenoxy) is 1. The van der Waals surface area contributed by atoms with E-state index in [0.717, 1.165) is 20.8 Å². The second kappa shape index (κ2) is 6.27. The quantitative estimate of drug-likeness (QED) is 0.686. The Morgan fingerprint density at radius 3 is 2.83 bits per heavy atom. The van der Waals surface area contributed by atoms with Crippen LogP contribution in [0.4, 0.5) is 0 Å². The molecule has 0 saturated carbocycles. The minimum atomic E-state index is -3.50. The van der Waals surface area contributed by atoms with E-state index in [2.05, 4.69) is 9.97 Å². The summed E-state index contributed by atoms with van der Waals surface area (Å²) in [6, 6.07) is 5.75. The van der Waals surface area contributed by atoms with Crippen molar-refractivity contribution in [3.05, 3.63) is 39.8 Å². The van der Waals surface area contributed by atoms with Gasteiger partial charge in [0.1, 0.15) is 16.9 Å². The molecule has 0 amide bonds. The molecule has 8 heteroatoms. The first-order chi connectivity index (χ1) is 10.9. The molecule has 1 aromatic carbocycles. The molecule has 0 aliphatic carbocycles. The van der Waals surface area contributed by atoms with E-state index < -0.39 is 9.84 Å². The van der Waals surface area contributed by atoms with Crippen molar-refractivity contribution in [1.29, 1.82) is 0 Å². The highest BCUT2D eigenvalue weighted by Crippen LogP contribution is 2.29. The highest BCUT2D eigenvalue weighted by molar-refractivity contribution is 7.92. The van der Waals surface area contributed by atoms with Crippen LogP contribution in [0.25, 0.3) is 10.2 Å². The summed E-state index contributed by atoms with van der Waals surface area (Å²) in [4.78, 5) is 8.63. The predicted molar refractivity (Wildman–Crippen MR) is 92.8 cm³/mol. The molecular formula is C15H16N2O3S3. The second-order valence-electron chi connectivity index (χ2n) is 5.27. The predicted octanol–water partition coefficient (Wildman–Crippen LogP) is 3.74. The minimum Gasteiger partial charge on any atom is -0.375 e. The Morgan fingerprint density at radius 1 is 1.30 bits per heavy atom. The number of aromatic nitrogens is 2. The fourth-order valence-electron chi connectivity index (χ4n) is 2.08. The number of thiazole rings is 2. The molecule has 0 N–H and O–H groups in total. The van der Waals surface area contributed by atoms with E-state index >= 15 is 0 Å². The summed E-state index contributed by atoms with van der Waals surface area (Å²) in [5, 5.41) is 2.54. The molecule has 3 aromatic rings.